The molecule has 2 heterocycles. The number of hydrogen-bond donors (Lipinski definition) is 0. The summed E-state index contributed by atoms with van der Waals surface area (Å²) in [4.78, 5) is 21.6. The SMILES string of the molecule is O=C(CN1CCOCC1)c1cnccn1. The Morgan fingerprint density at radius 2 is 2.20 bits per heavy atom. The van der Waals surface area contributed by atoms with Crippen LogP contribution in [0.4, 0.5) is 0 Å². The molecule has 0 spiro atoms. The van der Waals surface area contributed by atoms with Gasteiger partial charge in [0.25, 0.3) is 0 Å². The highest BCUT2D eigenvalue weighted by atomic mass is 16.5. The molecule has 0 N–H and O–H groups in total. The molecule has 1 aliphatic rings. The Balaban J connectivity index is 1.91. The van der Waals surface area contributed by atoms with Gasteiger partial charge in [-0.3, -0.25) is 14.7 Å². The zero-order valence-corrected chi connectivity index (χ0v) is 8.43. The minimum atomic E-state index is 0.0185. The van der Waals surface area contributed by atoms with Crippen molar-refractivity contribution < 1.29 is 9.53 Å². The molecule has 0 amide bonds. The molecule has 15 heavy (non-hydrogen) atoms. The standard InChI is InChI=1S/C10H13N3O2/c14-10(9-7-11-1-2-12-9)8-13-3-5-15-6-4-13/h1-2,7H,3-6,8H2. The lowest BCUT2D eigenvalue weighted by molar-refractivity contribution is 0.0370. The normalized spacial score (nSPS) is 17.6. The summed E-state index contributed by atoms with van der Waals surface area (Å²) in [6, 6.07) is 0. The maximum Gasteiger partial charge on any atom is 0.196 e. The number of rotatable bonds is 3. The third kappa shape index (κ3) is 2.81. The van der Waals surface area contributed by atoms with Crippen LogP contribution in [0, 0.1) is 0 Å². The number of hydrogen-bond acceptors (Lipinski definition) is 5. The van der Waals surface area contributed by atoms with Crippen LogP contribution in [0.25, 0.3) is 0 Å². The molecule has 0 aromatic carbocycles. The monoisotopic (exact) mass is 207 g/mol. The Labute approximate surface area is 88.1 Å². The van der Waals surface area contributed by atoms with Gasteiger partial charge >= 0.3 is 0 Å². The molecule has 0 saturated carbocycles. The van der Waals surface area contributed by atoms with Crippen LogP contribution in [0.3, 0.4) is 0 Å². The van der Waals surface area contributed by atoms with E-state index in [0.29, 0.717) is 25.5 Å². The van der Waals surface area contributed by atoms with Crippen LogP contribution in [-0.4, -0.2) is 53.5 Å². The zero-order valence-electron chi connectivity index (χ0n) is 8.43. The van der Waals surface area contributed by atoms with Gasteiger partial charge in [0, 0.05) is 25.5 Å². The van der Waals surface area contributed by atoms with E-state index in [0.717, 1.165) is 13.1 Å². The van der Waals surface area contributed by atoms with Crippen molar-refractivity contribution in [2.75, 3.05) is 32.8 Å². The number of Topliss-reactive ketones (excluding diaryl/α,β-unsaturated/α-hetero) is 1. The highest BCUT2D eigenvalue weighted by Gasteiger charge is 2.15. The van der Waals surface area contributed by atoms with Gasteiger partial charge < -0.3 is 4.74 Å². The maximum atomic E-state index is 11.7. The predicted molar refractivity (Wildman–Crippen MR) is 53.6 cm³/mol. The van der Waals surface area contributed by atoms with E-state index in [1.54, 1.807) is 6.20 Å². The second-order valence-electron chi connectivity index (χ2n) is 3.40. The minimum absolute atomic E-state index is 0.0185. The first-order valence-electron chi connectivity index (χ1n) is 4.95. The fourth-order valence-corrected chi connectivity index (χ4v) is 1.49. The summed E-state index contributed by atoms with van der Waals surface area (Å²) < 4.78 is 5.21. The molecule has 0 atom stereocenters. The minimum Gasteiger partial charge on any atom is -0.379 e. The van der Waals surface area contributed by atoms with Crippen LogP contribution in [-0.2, 0) is 4.74 Å². The number of ether oxygens (including phenoxy) is 1. The Morgan fingerprint density at radius 3 is 2.87 bits per heavy atom. The first-order valence-corrected chi connectivity index (χ1v) is 4.95. The first-order chi connectivity index (χ1) is 7.36. The lowest BCUT2D eigenvalue weighted by atomic mass is 10.2. The second-order valence-corrected chi connectivity index (χ2v) is 3.40. The summed E-state index contributed by atoms with van der Waals surface area (Å²) in [5.41, 5.74) is 0.434. The molecule has 5 heteroatoms. The largest absolute Gasteiger partial charge is 0.379 e. The van der Waals surface area contributed by atoms with E-state index in [2.05, 4.69) is 14.9 Å². The van der Waals surface area contributed by atoms with Crippen LogP contribution in [0.2, 0.25) is 0 Å². The van der Waals surface area contributed by atoms with E-state index in [1.807, 2.05) is 0 Å². The summed E-state index contributed by atoms with van der Waals surface area (Å²) in [6.45, 7) is 3.43. The molecule has 0 aliphatic carbocycles. The second kappa shape index (κ2) is 4.95. The molecular formula is C10H13N3O2. The van der Waals surface area contributed by atoms with E-state index >= 15 is 0 Å². The Kier molecular flexibility index (Phi) is 3.37. The third-order valence-corrected chi connectivity index (χ3v) is 2.32. The van der Waals surface area contributed by atoms with Gasteiger partial charge in [0.1, 0.15) is 5.69 Å². The van der Waals surface area contributed by atoms with Crippen molar-refractivity contribution in [1.29, 1.82) is 0 Å². The average Bonchev–Trinajstić information content (AvgIpc) is 2.31. The van der Waals surface area contributed by atoms with E-state index in [4.69, 9.17) is 4.74 Å². The van der Waals surface area contributed by atoms with Crippen molar-refractivity contribution in [2.45, 2.75) is 0 Å². The number of morpholine rings is 1. The molecule has 80 valence electrons. The fraction of sp³-hybridized carbons (Fsp3) is 0.500. The predicted octanol–water partition coefficient (Wildman–Crippen LogP) is -0.00850. The molecule has 2 rings (SSSR count). The number of aromatic nitrogens is 2. The number of carbonyl (C=O) groups excluding carboxylic acids is 1. The molecule has 1 fully saturated rings. The fourth-order valence-electron chi connectivity index (χ4n) is 1.49. The highest BCUT2D eigenvalue weighted by Crippen LogP contribution is 2.00. The molecular weight excluding hydrogens is 194 g/mol. The molecule has 0 bridgehead atoms. The molecule has 1 saturated heterocycles. The summed E-state index contributed by atoms with van der Waals surface area (Å²) in [7, 11) is 0. The topological polar surface area (TPSA) is 55.3 Å². The lowest BCUT2D eigenvalue weighted by Crippen LogP contribution is -2.39. The van der Waals surface area contributed by atoms with E-state index in [9.17, 15) is 4.79 Å². The lowest BCUT2D eigenvalue weighted by Gasteiger charge is -2.25. The molecule has 1 aromatic rings. The van der Waals surface area contributed by atoms with Crippen LogP contribution < -0.4 is 0 Å². The molecule has 0 radical (unpaired) electrons. The van der Waals surface area contributed by atoms with Crippen molar-refractivity contribution in [3.8, 4) is 0 Å². The molecule has 1 aliphatic heterocycles. The van der Waals surface area contributed by atoms with Gasteiger partial charge in [-0.25, -0.2) is 4.98 Å². The number of carbonyl (C=O) groups is 1. The molecule has 5 nitrogen and oxygen atoms in total. The molecule has 0 unspecified atom stereocenters. The van der Waals surface area contributed by atoms with E-state index in [1.165, 1.54) is 12.4 Å². The average molecular weight is 207 g/mol. The smallest absolute Gasteiger partial charge is 0.196 e. The number of nitrogens with zero attached hydrogens (tertiary/aromatic N) is 3. The van der Waals surface area contributed by atoms with Crippen LogP contribution in [0.5, 0.6) is 0 Å². The van der Waals surface area contributed by atoms with Gasteiger partial charge in [0.05, 0.1) is 26.0 Å². The Hall–Kier alpha value is -1.33. The Morgan fingerprint density at radius 1 is 1.40 bits per heavy atom. The van der Waals surface area contributed by atoms with Gasteiger partial charge in [-0.2, -0.15) is 0 Å². The van der Waals surface area contributed by atoms with Gasteiger partial charge in [0.2, 0.25) is 0 Å². The van der Waals surface area contributed by atoms with E-state index < -0.39 is 0 Å². The maximum absolute atomic E-state index is 11.7. The first kappa shape index (κ1) is 10.2. The summed E-state index contributed by atoms with van der Waals surface area (Å²) in [5, 5.41) is 0. The highest BCUT2D eigenvalue weighted by molar-refractivity contribution is 5.95. The van der Waals surface area contributed by atoms with Gasteiger partial charge in [0.15, 0.2) is 5.78 Å². The summed E-state index contributed by atoms with van der Waals surface area (Å²) in [5.74, 6) is 0.0185. The van der Waals surface area contributed by atoms with Crippen molar-refractivity contribution in [3.63, 3.8) is 0 Å². The van der Waals surface area contributed by atoms with E-state index in [-0.39, 0.29) is 5.78 Å². The van der Waals surface area contributed by atoms with Gasteiger partial charge in [-0.1, -0.05) is 0 Å². The van der Waals surface area contributed by atoms with Crippen LogP contribution in [0.15, 0.2) is 18.6 Å². The van der Waals surface area contributed by atoms with Crippen molar-refractivity contribution >= 4 is 5.78 Å². The van der Waals surface area contributed by atoms with Gasteiger partial charge in [-0.05, 0) is 0 Å². The van der Waals surface area contributed by atoms with Crippen LogP contribution in [0.1, 0.15) is 10.5 Å². The Bertz CT molecular complexity index is 323. The van der Waals surface area contributed by atoms with Crippen molar-refractivity contribution in [1.82, 2.24) is 14.9 Å². The summed E-state index contributed by atoms with van der Waals surface area (Å²) >= 11 is 0. The van der Waals surface area contributed by atoms with Crippen molar-refractivity contribution in [2.24, 2.45) is 0 Å². The summed E-state index contributed by atoms with van der Waals surface area (Å²) in [6.07, 6.45) is 4.60. The third-order valence-electron chi connectivity index (χ3n) is 2.32. The van der Waals surface area contributed by atoms with Crippen molar-refractivity contribution in [3.05, 3.63) is 24.3 Å². The van der Waals surface area contributed by atoms with Gasteiger partial charge in [-0.15, -0.1) is 0 Å². The zero-order chi connectivity index (χ0) is 10.5. The van der Waals surface area contributed by atoms with Crippen LogP contribution >= 0.6 is 0 Å². The number of ketones is 1. The molecule has 1 aromatic heterocycles. The quantitative estimate of drug-likeness (QED) is 0.652.